The highest BCUT2D eigenvalue weighted by Crippen LogP contribution is 2.67. The van der Waals surface area contributed by atoms with E-state index in [0.29, 0.717) is 23.7 Å². The minimum Gasteiger partial charge on any atom is -0.353 e. The molecule has 262 valence electrons. The van der Waals surface area contributed by atoms with Gasteiger partial charge in [0, 0.05) is 25.0 Å². The molecule has 2 saturated heterocycles. The number of ether oxygens (including phenoxy) is 4. The van der Waals surface area contributed by atoms with Crippen LogP contribution in [-0.2, 0) is 33.2 Å². The fraction of sp³-hybridized carbons (Fsp3) is 0.795. The summed E-state index contributed by atoms with van der Waals surface area (Å²) in [6.07, 6.45) is 16.8. The Morgan fingerprint density at radius 3 is 2.28 bits per heavy atom. The lowest BCUT2D eigenvalue weighted by Crippen LogP contribution is -2.57. The molecule has 0 radical (unpaired) electrons. The highest BCUT2D eigenvalue weighted by molar-refractivity contribution is 7.86. The van der Waals surface area contributed by atoms with Crippen LogP contribution in [0.3, 0.4) is 0 Å². The molecule has 3 saturated carbocycles. The smallest absolute Gasteiger partial charge is 0.296 e. The summed E-state index contributed by atoms with van der Waals surface area (Å²) in [5.41, 5.74) is 2.72. The lowest BCUT2D eigenvalue weighted by atomic mass is 9.46. The zero-order chi connectivity index (χ0) is 32.8. The van der Waals surface area contributed by atoms with E-state index >= 15 is 0 Å². The fourth-order valence-electron chi connectivity index (χ4n) is 11.1. The van der Waals surface area contributed by atoms with Crippen LogP contribution in [0.1, 0.15) is 110 Å². The number of benzene rings is 1. The summed E-state index contributed by atoms with van der Waals surface area (Å²) < 4.78 is 57.6. The largest absolute Gasteiger partial charge is 0.353 e. The second kappa shape index (κ2) is 13.8. The highest BCUT2D eigenvalue weighted by atomic mass is 32.2. The molecule has 1 aromatic rings. The van der Waals surface area contributed by atoms with Gasteiger partial charge >= 0.3 is 0 Å². The van der Waals surface area contributed by atoms with E-state index in [9.17, 15) is 8.42 Å². The first-order valence-electron chi connectivity index (χ1n) is 18.8. The summed E-state index contributed by atoms with van der Waals surface area (Å²) in [5, 5.41) is 0. The van der Waals surface area contributed by atoms with Gasteiger partial charge in [0.25, 0.3) is 10.1 Å². The molecule has 0 amide bonds. The van der Waals surface area contributed by atoms with Gasteiger partial charge in [-0.1, -0.05) is 50.1 Å². The topological polar surface area (TPSA) is 80.3 Å². The van der Waals surface area contributed by atoms with E-state index in [1.807, 2.05) is 19.1 Å². The van der Waals surface area contributed by atoms with E-state index in [0.717, 1.165) is 76.6 Å². The number of fused-ring (bicyclic) bond motifs is 5. The molecular formula is C39H58O7S. The summed E-state index contributed by atoms with van der Waals surface area (Å²) in [4.78, 5) is 0.242. The number of rotatable bonds is 9. The third-order valence-corrected chi connectivity index (χ3v) is 14.9. The predicted molar refractivity (Wildman–Crippen MR) is 181 cm³/mol. The molecule has 0 spiro atoms. The first-order chi connectivity index (χ1) is 22.6. The average molecular weight is 671 g/mol. The Hall–Kier alpha value is -1.29. The van der Waals surface area contributed by atoms with Gasteiger partial charge in [0.2, 0.25) is 0 Å². The van der Waals surface area contributed by atoms with Gasteiger partial charge in [0.15, 0.2) is 12.6 Å². The van der Waals surface area contributed by atoms with Crippen molar-refractivity contribution in [2.75, 3.05) is 19.8 Å². The predicted octanol–water partition coefficient (Wildman–Crippen LogP) is 8.35. The van der Waals surface area contributed by atoms with Gasteiger partial charge in [-0.2, -0.15) is 8.42 Å². The Balaban J connectivity index is 1.08. The van der Waals surface area contributed by atoms with Crippen LogP contribution in [0.2, 0.25) is 0 Å². The quantitative estimate of drug-likeness (QED) is 0.193. The number of hydrogen-bond donors (Lipinski definition) is 0. The van der Waals surface area contributed by atoms with Gasteiger partial charge in [-0.15, -0.1) is 0 Å². The SMILES string of the molecule is Cc1ccc(S(=O)(=O)OC[C@@H](C)[C@H]2CC[C@H]3[C@@H]4CC=C5C[C@@H](OC6CCCCO6)C[C@H](OC6CCCCO6)[C@]5(C)[C@H]4CC[C@]23C)cc1. The molecule has 7 rings (SSSR count). The molecule has 1 aromatic carbocycles. The van der Waals surface area contributed by atoms with Crippen LogP contribution in [-0.4, -0.2) is 53.0 Å². The van der Waals surface area contributed by atoms with Crippen molar-refractivity contribution in [3.8, 4) is 0 Å². The summed E-state index contributed by atoms with van der Waals surface area (Å²) in [6, 6.07) is 6.95. The lowest BCUT2D eigenvalue weighted by molar-refractivity contribution is -0.248. The van der Waals surface area contributed by atoms with Crippen molar-refractivity contribution in [2.45, 2.75) is 141 Å². The van der Waals surface area contributed by atoms with Crippen LogP contribution in [0.25, 0.3) is 0 Å². The van der Waals surface area contributed by atoms with Crippen molar-refractivity contribution in [3.05, 3.63) is 41.5 Å². The van der Waals surface area contributed by atoms with Crippen LogP contribution in [0.5, 0.6) is 0 Å². The molecular weight excluding hydrogens is 612 g/mol. The maximum atomic E-state index is 13.0. The third kappa shape index (κ3) is 6.65. The minimum atomic E-state index is -3.77. The summed E-state index contributed by atoms with van der Waals surface area (Å²) in [7, 11) is -3.77. The van der Waals surface area contributed by atoms with Gasteiger partial charge in [-0.3, -0.25) is 4.18 Å². The number of aryl methyl sites for hydroxylation is 1. The zero-order valence-corrected chi connectivity index (χ0v) is 30.0. The fourth-order valence-corrected chi connectivity index (χ4v) is 12.1. The number of allylic oxidation sites excluding steroid dienone is 1. The summed E-state index contributed by atoms with van der Waals surface area (Å²) >= 11 is 0. The van der Waals surface area contributed by atoms with Crippen molar-refractivity contribution in [2.24, 2.45) is 40.4 Å². The standard InChI is InChI=1S/C39H58O7S/c1-26-11-14-30(15-12-26)47(40,41)44-25-27(2)32-17-18-33-31-16-13-28-23-29(45-36-9-5-7-21-42-36)24-35(46-37-10-6-8-22-43-37)39(28,4)34(31)19-20-38(32,33)3/h11-15,27,29,31-37H,5-10,16-25H2,1-4H3/t27-,29-,31+,32-,33+,34+,35+,36?,37?,38-,39+/m1/s1. The van der Waals surface area contributed by atoms with E-state index in [1.54, 1.807) is 12.1 Å². The molecule has 47 heavy (non-hydrogen) atoms. The maximum Gasteiger partial charge on any atom is 0.296 e. The van der Waals surface area contributed by atoms with E-state index in [4.69, 9.17) is 23.1 Å². The van der Waals surface area contributed by atoms with Crippen molar-refractivity contribution in [1.82, 2.24) is 0 Å². The minimum absolute atomic E-state index is 0.0345. The highest BCUT2D eigenvalue weighted by Gasteiger charge is 2.62. The van der Waals surface area contributed by atoms with Gasteiger partial charge in [0.1, 0.15) is 0 Å². The molecule has 5 fully saturated rings. The molecule has 2 aliphatic heterocycles. The molecule has 11 atom stereocenters. The normalized spacial score (nSPS) is 41.3. The molecule has 0 N–H and O–H groups in total. The van der Waals surface area contributed by atoms with Crippen molar-refractivity contribution < 1.29 is 31.5 Å². The van der Waals surface area contributed by atoms with E-state index in [1.165, 1.54) is 31.3 Å². The molecule has 6 aliphatic rings. The van der Waals surface area contributed by atoms with Crippen molar-refractivity contribution >= 4 is 10.1 Å². The summed E-state index contributed by atoms with van der Waals surface area (Å²) in [5.74, 6) is 2.40. The first-order valence-corrected chi connectivity index (χ1v) is 20.2. The first kappa shape index (κ1) is 34.2. The Morgan fingerprint density at radius 1 is 0.894 bits per heavy atom. The van der Waals surface area contributed by atoms with E-state index in [-0.39, 0.29) is 53.0 Å². The Kier molecular flexibility index (Phi) is 10.0. The molecule has 7 nitrogen and oxygen atoms in total. The molecule has 2 unspecified atom stereocenters. The van der Waals surface area contributed by atoms with E-state index < -0.39 is 10.1 Å². The van der Waals surface area contributed by atoms with Crippen LogP contribution >= 0.6 is 0 Å². The van der Waals surface area contributed by atoms with Crippen molar-refractivity contribution in [1.29, 1.82) is 0 Å². The molecule has 4 aliphatic carbocycles. The second-order valence-corrected chi connectivity index (χ2v) is 17.9. The Morgan fingerprint density at radius 2 is 1.60 bits per heavy atom. The zero-order valence-electron chi connectivity index (χ0n) is 29.2. The molecule has 0 aromatic heterocycles. The maximum absolute atomic E-state index is 13.0. The van der Waals surface area contributed by atoms with Gasteiger partial charge in [0.05, 0.1) is 23.7 Å². The van der Waals surface area contributed by atoms with E-state index in [2.05, 4.69) is 26.8 Å². The Labute approximate surface area is 283 Å². The average Bonchev–Trinajstić information content (AvgIpc) is 3.43. The van der Waals surface area contributed by atoms with Crippen LogP contribution in [0, 0.1) is 47.3 Å². The van der Waals surface area contributed by atoms with Crippen LogP contribution in [0.15, 0.2) is 40.8 Å². The van der Waals surface area contributed by atoms with Gasteiger partial charge < -0.3 is 18.9 Å². The van der Waals surface area contributed by atoms with Gasteiger partial charge in [-0.05, 0) is 131 Å². The van der Waals surface area contributed by atoms with Crippen LogP contribution in [0.4, 0.5) is 0 Å². The number of hydrogen-bond acceptors (Lipinski definition) is 7. The summed E-state index contributed by atoms with van der Waals surface area (Å²) in [6.45, 7) is 11.0. The molecule has 2 heterocycles. The Bertz CT molecular complexity index is 1360. The monoisotopic (exact) mass is 670 g/mol. The third-order valence-electron chi connectivity index (χ3n) is 13.6. The van der Waals surface area contributed by atoms with Crippen LogP contribution < -0.4 is 0 Å². The van der Waals surface area contributed by atoms with Gasteiger partial charge in [-0.25, -0.2) is 0 Å². The van der Waals surface area contributed by atoms with Crippen molar-refractivity contribution in [3.63, 3.8) is 0 Å². The second-order valence-electron chi connectivity index (χ2n) is 16.3. The molecule has 0 bridgehead atoms. The molecule has 8 heteroatoms. The lowest BCUT2D eigenvalue weighted by Gasteiger charge is -2.60.